The van der Waals surface area contributed by atoms with Gasteiger partial charge in [-0.15, -0.1) is 0 Å². The fourth-order valence-electron chi connectivity index (χ4n) is 2.86. The second-order valence-corrected chi connectivity index (χ2v) is 9.07. The van der Waals surface area contributed by atoms with Crippen LogP contribution >= 0.6 is 35.1 Å². The maximum Gasteiger partial charge on any atom is 0.133 e. The Kier molecular flexibility index (Phi) is 7.21. The predicted molar refractivity (Wildman–Crippen MR) is 115 cm³/mol. The van der Waals surface area contributed by atoms with Gasteiger partial charge in [0.15, 0.2) is 0 Å². The number of hydrogen-bond acceptors (Lipinski definition) is 4. The first-order valence-electron chi connectivity index (χ1n) is 9.31. The summed E-state index contributed by atoms with van der Waals surface area (Å²) in [4.78, 5) is 16.8. The molecule has 0 N–H and O–H groups in total. The van der Waals surface area contributed by atoms with Crippen molar-refractivity contribution < 1.29 is 4.79 Å². The van der Waals surface area contributed by atoms with E-state index in [0.717, 1.165) is 34.2 Å². The summed E-state index contributed by atoms with van der Waals surface area (Å²) in [6.07, 6.45) is 6.26. The van der Waals surface area contributed by atoms with E-state index >= 15 is 0 Å². The topological polar surface area (TPSA) is 33.2 Å². The van der Waals surface area contributed by atoms with Crippen LogP contribution in [0.25, 0.3) is 11.1 Å². The number of halogens is 2. The molecule has 3 rings (SSSR count). The Morgan fingerprint density at radius 1 is 1.22 bits per heavy atom. The van der Waals surface area contributed by atoms with Crippen LogP contribution in [0.3, 0.4) is 0 Å². The highest BCUT2D eigenvalue weighted by Gasteiger charge is 2.24. The van der Waals surface area contributed by atoms with Crippen LogP contribution in [0.2, 0.25) is 10.0 Å². The highest BCUT2D eigenvalue weighted by atomic mass is 35.5. The van der Waals surface area contributed by atoms with Gasteiger partial charge in [0.05, 0.1) is 14.9 Å². The number of hydrogen-bond donors (Lipinski definition) is 0. The molecule has 144 valence electrons. The van der Waals surface area contributed by atoms with Crippen molar-refractivity contribution in [2.45, 2.75) is 43.9 Å². The first-order valence-corrected chi connectivity index (χ1v) is 10.8. The molecule has 0 bridgehead atoms. The van der Waals surface area contributed by atoms with E-state index in [2.05, 4.69) is 16.3 Å². The number of carbonyl (C=O) groups excluding carboxylic acids is 1. The summed E-state index contributed by atoms with van der Waals surface area (Å²) in [5, 5.41) is 1.31. The van der Waals surface area contributed by atoms with Gasteiger partial charge < -0.3 is 0 Å². The number of ketones is 1. The van der Waals surface area contributed by atoms with Gasteiger partial charge in [-0.1, -0.05) is 36.2 Å². The van der Waals surface area contributed by atoms with Crippen LogP contribution in [0, 0.1) is 5.92 Å². The van der Waals surface area contributed by atoms with Crippen molar-refractivity contribution in [1.82, 2.24) is 9.29 Å². The molecule has 1 heterocycles. The third kappa shape index (κ3) is 5.95. The van der Waals surface area contributed by atoms with Crippen LogP contribution in [0.1, 0.15) is 38.3 Å². The summed E-state index contributed by atoms with van der Waals surface area (Å²) in [7, 11) is 2.08. The number of aromatic nitrogens is 1. The molecule has 6 heteroatoms. The molecular weight excluding hydrogens is 399 g/mol. The van der Waals surface area contributed by atoms with E-state index in [0.29, 0.717) is 29.3 Å². The quantitative estimate of drug-likeness (QED) is 0.442. The minimum Gasteiger partial charge on any atom is -0.300 e. The number of carbonyl (C=O) groups is 1. The normalized spacial score (nSPS) is 14.0. The average molecular weight is 423 g/mol. The Hall–Kier alpha value is -1.07. The van der Waals surface area contributed by atoms with E-state index in [4.69, 9.17) is 23.2 Å². The van der Waals surface area contributed by atoms with Crippen molar-refractivity contribution in [3.63, 3.8) is 0 Å². The maximum atomic E-state index is 11.5. The van der Waals surface area contributed by atoms with Crippen LogP contribution in [0.5, 0.6) is 0 Å². The Morgan fingerprint density at radius 2 is 1.93 bits per heavy atom. The minimum absolute atomic E-state index is 0.263. The fraction of sp³-hybridized carbons (Fsp3) is 0.429. The van der Waals surface area contributed by atoms with Gasteiger partial charge in [-0.3, -0.25) is 9.78 Å². The lowest BCUT2D eigenvalue weighted by Crippen LogP contribution is -2.12. The summed E-state index contributed by atoms with van der Waals surface area (Å²) in [5.74, 6) is 1.08. The van der Waals surface area contributed by atoms with Gasteiger partial charge in [0.2, 0.25) is 0 Å². The summed E-state index contributed by atoms with van der Waals surface area (Å²) in [6, 6.07) is 7.86. The highest BCUT2D eigenvalue weighted by Crippen LogP contribution is 2.40. The number of benzene rings is 1. The Balaban J connectivity index is 1.70. The zero-order valence-electron chi connectivity index (χ0n) is 15.7. The zero-order chi connectivity index (χ0) is 19.4. The SMILES string of the molecule is CCC(=O)CCc1ccc(-c2cc(Cl)c(SN(C)CC3CC3)c(Cl)c2)cn1. The van der Waals surface area contributed by atoms with Crippen LogP contribution in [0.4, 0.5) is 0 Å². The lowest BCUT2D eigenvalue weighted by atomic mass is 10.1. The molecule has 1 aromatic carbocycles. The third-order valence-corrected chi connectivity index (χ3v) is 6.57. The summed E-state index contributed by atoms with van der Waals surface area (Å²) in [6.45, 7) is 2.95. The van der Waals surface area contributed by atoms with E-state index < -0.39 is 0 Å². The predicted octanol–water partition coefficient (Wildman–Crippen LogP) is 6.32. The Labute approximate surface area is 175 Å². The molecule has 0 saturated heterocycles. The Morgan fingerprint density at radius 3 is 2.48 bits per heavy atom. The molecule has 0 spiro atoms. The fourth-order valence-corrected chi connectivity index (χ4v) is 4.44. The van der Waals surface area contributed by atoms with Crippen LogP contribution < -0.4 is 0 Å². The molecule has 1 saturated carbocycles. The molecule has 1 aliphatic rings. The van der Waals surface area contributed by atoms with Gasteiger partial charge in [-0.2, -0.15) is 0 Å². The van der Waals surface area contributed by atoms with Crippen molar-refractivity contribution in [3.8, 4) is 11.1 Å². The van der Waals surface area contributed by atoms with Crippen LogP contribution in [-0.2, 0) is 11.2 Å². The number of rotatable bonds is 9. The van der Waals surface area contributed by atoms with E-state index in [1.165, 1.54) is 12.8 Å². The standard InChI is InChI=1S/C21H24Cl2N2OS/c1-3-18(26)9-8-17-7-6-15(12-24-17)16-10-19(22)21(20(23)11-16)27-25(2)13-14-4-5-14/h6-7,10-12,14H,3-5,8-9,13H2,1-2H3. The van der Waals surface area contributed by atoms with Gasteiger partial charge in [-0.25, -0.2) is 4.31 Å². The van der Waals surface area contributed by atoms with Crippen molar-refractivity contribution in [1.29, 1.82) is 0 Å². The molecule has 1 fully saturated rings. The van der Waals surface area contributed by atoms with E-state index in [1.54, 1.807) is 11.9 Å². The molecule has 27 heavy (non-hydrogen) atoms. The molecule has 3 nitrogen and oxygen atoms in total. The Bertz CT molecular complexity index is 783. The second kappa shape index (κ2) is 9.42. The molecule has 0 unspecified atom stereocenters. The van der Waals surface area contributed by atoms with E-state index in [-0.39, 0.29) is 5.78 Å². The first-order chi connectivity index (χ1) is 13.0. The van der Waals surface area contributed by atoms with Gasteiger partial charge >= 0.3 is 0 Å². The molecule has 0 atom stereocenters. The number of aryl methyl sites for hydroxylation is 1. The van der Waals surface area contributed by atoms with E-state index in [9.17, 15) is 4.79 Å². The molecule has 2 aromatic rings. The molecule has 1 aliphatic carbocycles. The summed E-state index contributed by atoms with van der Waals surface area (Å²) in [5.41, 5.74) is 2.83. The van der Waals surface area contributed by atoms with Crippen molar-refractivity contribution in [2.75, 3.05) is 13.6 Å². The van der Waals surface area contributed by atoms with Gasteiger partial charge in [0, 0.05) is 36.8 Å². The number of Topliss-reactive ketones (excluding diaryl/α,β-unsaturated/α-hetero) is 1. The molecule has 1 aromatic heterocycles. The average Bonchev–Trinajstić information content (AvgIpc) is 3.46. The molecular formula is C21H24Cl2N2OS. The van der Waals surface area contributed by atoms with Crippen LogP contribution in [0.15, 0.2) is 35.4 Å². The maximum absolute atomic E-state index is 11.5. The summed E-state index contributed by atoms with van der Waals surface area (Å²) >= 11 is 14.7. The van der Waals surface area contributed by atoms with Crippen LogP contribution in [-0.4, -0.2) is 28.7 Å². The second-order valence-electron chi connectivity index (χ2n) is 7.04. The minimum atomic E-state index is 0.263. The lowest BCUT2D eigenvalue weighted by molar-refractivity contribution is -0.118. The highest BCUT2D eigenvalue weighted by molar-refractivity contribution is 7.97. The number of pyridine rings is 1. The van der Waals surface area contributed by atoms with Crippen molar-refractivity contribution in [2.24, 2.45) is 5.92 Å². The van der Waals surface area contributed by atoms with E-state index in [1.807, 2.05) is 37.4 Å². The van der Waals surface area contributed by atoms with Gasteiger partial charge in [0.25, 0.3) is 0 Å². The van der Waals surface area contributed by atoms with Gasteiger partial charge in [-0.05, 0) is 67.9 Å². The van der Waals surface area contributed by atoms with Crippen molar-refractivity contribution in [3.05, 3.63) is 46.2 Å². The zero-order valence-corrected chi connectivity index (χ0v) is 18.0. The molecule has 0 amide bonds. The lowest BCUT2D eigenvalue weighted by Gasteiger charge is -2.17. The summed E-state index contributed by atoms with van der Waals surface area (Å²) < 4.78 is 2.21. The molecule has 0 radical (unpaired) electrons. The van der Waals surface area contributed by atoms with Gasteiger partial charge in [0.1, 0.15) is 5.78 Å². The molecule has 0 aliphatic heterocycles. The smallest absolute Gasteiger partial charge is 0.133 e. The first kappa shape index (κ1) is 20.7. The third-order valence-electron chi connectivity index (χ3n) is 4.67. The van der Waals surface area contributed by atoms with Crippen molar-refractivity contribution >= 4 is 40.9 Å². The number of nitrogens with zero attached hydrogens (tertiary/aromatic N) is 2. The monoisotopic (exact) mass is 422 g/mol. The largest absolute Gasteiger partial charge is 0.300 e.